The monoisotopic (exact) mass is 376 g/mol. The standard InChI is InChI=1S/C12H13BrN2O5S/c1-7-11(16)14-4-5-15(7)21(19,20)10-3-2-8(12(17)18)6-9(10)13/h2-3,6-7H,4-5H2,1H3,(H,14,16)(H,17,18). The number of piperazine rings is 1. The number of aromatic carboxylic acids is 1. The van der Waals surface area contributed by atoms with Gasteiger partial charge in [-0.25, -0.2) is 13.2 Å². The molecule has 1 heterocycles. The van der Waals surface area contributed by atoms with E-state index in [2.05, 4.69) is 21.2 Å². The zero-order chi connectivity index (χ0) is 15.8. The van der Waals surface area contributed by atoms with Crippen molar-refractivity contribution in [3.8, 4) is 0 Å². The number of carboxylic acids is 1. The van der Waals surface area contributed by atoms with Gasteiger partial charge in [0.05, 0.1) is 10.5 Å². The molecule has 7 nitrogen and oxygen atoms in total. The molecular weight excluding hydrogens is 364 g/mol. The van der Waals surface area contributed by atoms with E-state index >= 15 is 0 Å². The van der Waals surface area contributed by atoms with Crippen molar-refractivity contribution in [3.63, 3.8) is 0 Å². The highest BCUT2D eigenvalue weighted by molar-refractivity contribution is 9.10. The van der Waals surface area contributed by atoms with E-state index in [1.165, 1.54) is 25.1 Å². The van der Waals surface area contributed by atoms with Gasteiger partial charge in [0, 0.05) is 17.6 Å². The van der Waals surface area contributed by atoms with Crippen molar-refractivity contribution in [1.82, 2.24) is 9.62 Å². The first-order valence-electron chi connectivity index (χ1n) is 6.07. The minimum Gasteiger partial charge on any atom is -0.478 e. The average Bonchev–Trinajstić information content (AvgIpc) is 2.41. The molecule has 9 heteroatoms. The lowest BCUT2D eigenvalue weighted by atomic mass is 10.2. The van der Waals surface area contributed by atoms with E-state index < -0.39 is 22.0 Å². The summed E-state index contributed by atoms with van der Waals surface area (Å²) in [5, 5.41) is 11.5. The van der Waals surface area contributed by atoms with Gasteiger partial charge in [0.1, 0.15) is 6.04 Å². The molecule has 1 aromatic carbocycles. The summed E-state index contributed by atoms with van der Waals surface area (Å²) in [6, 6.07) is 2.86. The van der Waals surface area contributed by atoms with Crippen LogP contribution in [-0.4, -0.2) is 48.8 Å². The van der Waals surface area contributed by atoms with Crippen LogP contribution in [-0.2, 0) is 14.8 Å². The molecule has 2 rings (SSSR count). The number of nitrogens with zero attached hydrogens (tertiary/aromatic N) is 1. The van der Waals surface area contributed by atoms with E-state index in [0.717, 1.165) is 4.31 Å². The van der Waals surface area contributed by atoms with Crippen molar-refractivity contribution in [2.75, 3.05) is 13.1 Å². The molecule has 1 atom stereocenters. The predicted molar refractivity (Wildman–Crippen MR) is 77.5 cm³/mol. The van der Waals surface area contributed by atoms with Gasteiger partial charge in [-0.2, -0.15) is 4.31 Å². The number of carbonyl (C=O) groups is 2. The number of sulfonamides is 1. The number of nitrogens with one attached hydrogen (secondary N) is 1. The molecule has 1 saturated heterocycles. The maximum atomic E-state index is 12.6. The molecule has 0 saturated carbocycles. The second-order valence-electron chi connectivity index (χ2n) is 4.53. The molecule has 1 aliphatic heterocycles. The third-order valence-corrected chi connectivity index (χ3v) is 6.15. The van der Waals surface area contributed by atoms with Gasteiger partial charge < -0.3 is 10.4 Å². The van der Waals surface area contributed by atoms with Crippen LogP contribution in [0.4, 0.5) is 0 Å². The van der Waals surface area contributed by atoms with Gasteiger partial charge >= 0.3 is 5.97 Å². The van der Waals surface area contributed by atoms with E-state index in [1.807, 2.05) is 0 Å². The summed E-state index contributed by atoms with van der Waals surface area (Å²) >= 11 is 3.08. The summed E-state index contributed by atoms with van der Waals surface area (Å²) in [4.78, 5) is 22.4. The van der Waals surface area contributed by atoms with E-state index in [9.17, 15) is 18.0 Å². The second kappa shape index (κ2) is 5.74. The molecule has 1 aliphatic rings. The first-order valence-corrected chi connectivity index (χ1v) is 8.31. The normalized spacial score (nSPS) is 20.1. The van der Waals surface area contributed by atoms with Crippen LogP contribution in [0.2, 0.25) is 0 Å². The third-order valence-electron chi connectivity index (χ3n) is 3.21. The van der Waals surface area contributed by atoms with Crippen LogP contribution in [0, 0.1) is 0 Å². The van der Waals surface area contributed by atoms with Gasteiger partial charge in [0.2, 0.25) is 15.9 Å². The first kappa shape index (κ1) is 15.9. The Morgan fingerprint density at radius 1 is 1.48 bits per heavy atom. The number of carbonyl (C=O) groups excluding carboxylic acids is 1. The number of amides is 1. The molecule has 0 bridgehead atoms. The number of carboxylic acid groups (broad SMARTS) is 1. The van der Waals surface area contributed by atoms with Crippen LogP contribution >= 0.6 is 15.9 Å². The molecule has 0 radical (unpaired) electrons. The fourth-order valence-corrected chi connectivity index (χ4v) is 4.69. The van der Waals surface area contributed by atoms with Crippen LogP contribution in [0.5, 0.6) is 0 Å². The Hall–Kier alpha value is -1.45. The zero-order valence-electron chi connectivity index (χ0n) is 11.0. The summed E-state index contributed by atoms with van der Waals surface area (Å²) in [7, 11) is -3.88. The first-order chi connectivity index (χ1) is 9.75. The van der Waals surface area contributed by atoms with E-state index in [-0.39, 0.29) is 33.9 Å². The Bertz CT molecular complexity index is 704. The van der Waals surface area contributed by atoms with Crippen molar-refractivity contribution >= 4 is 37.8 Å². The number of halogens is 1. The van der Waals surface area contributed by atoms with Gasteiger partial charge in [0.25, 0.3) is 0 Å². The van der Waals surface area contributed by atoms with Crippen molar-refractivity contribution in [2.24, 2.45) is 0 Å². The van der Waals surface area contributed by atoms with Gasteiger partial charge in [0.15, 0.2) is 0 Å². The molecule has 1 unspecified atom stereocenters. The summed E-state index contributed by atoms with van der Waals surface area (Å²) in [6.45, 7) is 1.92. The molecule has 0 aromatic heterocycles. The Kier molecular flexibility index (Phi) is 4.35. The Morgan fingerprint density at radius 2 is 2.14 bits per heavy atom. The lowest BCUT2D eigenvalue weighted by Crippen LogP contribution is -2.55. The molecule has 1 fully saturated rings. The number of hydrogen-bond donors (Lipinski definition) is 2. The Balaban J connectivity index is 2.44. The van der Waals surface area contributed by atoms with E-state index in [0.29, 0.717) is 0 Å². The van der Waals surface area contributed by atoms with Crippen molar-refractivity contribution in [2.45, 2.75) is 17.9 Å². The Labute approximate surface area is 130 Å². The molecular formula is C12H13BrN2O5S. The van der Waals surface area contributed by atoms with Crippen LogP contribution in [0.1, 0.15) is 17.3 Å². The molecule has 0 spiro atoms. The molecule has 114 valence electrons. The fourth-order valence-electron chi connectivity index (χ4n) is 2.06. The molecule has 21 heavy (non-hydrogen) atoms. The number of rotatable bonds is 3. The molecule has 1 aromatic rings. The van der Waals surface area contributed by atoms with Crippen LogP contribution in [0.3, 0.4) is 0 Å². The molecule has 0 aliphatic carbocycles. The quantitative estimate of drug-likeness (QED) is 0.805. The lowest BCUT2D eigenvalue weighted by Gasteiger charge is -2.32. The maximum absolute atomic E-state index is 12.6. The van der Waals surface area contributed by atoms with Gasteiger partial charge in [-0.15, -0.1) is 0 Å². The zero-order valence-corrected chi connectivity index (χ0v) is 13.4. The Morgan fingerprint density at radius 3 is 2.71 bits per heavy atom. The SMILES string of the molecule is CC1C(=O)NCCN1S(=O)(=O)c1ccc(C(=O)O)cc1Br. The average molecular weight is 377 g/mol. The van der Waals surface area contributed by atoms with Gasteiger partial charge in [-0.1, -0.05) is 0 Å². The van der Waals surface area contributed by atoms with Crippen molar-refractivity contribution < 1.29 is 23.1 Å². The topological polar surface area (TPSA) is 104 Å². The lowest BCUT2D eigenvalue weighted by molar-refractivity contribution is -0.126. The highest BCUT2D eigenvalue weighted by atomic mass is 79.9. The van der Waals surface area contributed by atoms with Crippen molar-refractivity contribution in [1.29, 1.82) is 0 Å². The van der Waals surface area contributed by atoms with E-state index in [4.69, 9.17) is 5.11 Å². The van der Waals surface area contributed by atoms with Gasteiger partial charge in [-0.05, 0) is 41.1 Å². The van der Waals surface area contributed by atoms with Gasteiger partial charge in [-0.3, -0.25) is 4.79 Å². The predicted octanol–water partition coefficient (Wildman–Crippen LogP) is 0.656. The molecule has 1 amide bonds. The highest BCUT2D eigenvalue weighted by Gasteiger charge is 2.36. The second-order valence-corrected chi connectivity index (χ2v) is 7.25. The summed E-state index contributed by atoms with van der Waals surface area (Å²) in [5.74, 6) is -1.51. The minimum absolute atomic E-state index is 0.0229. The highest BCUT2D eigenvalue weighted by Crippen LogP contribution is 2.28. The van der Waals surface area contributed by atoms with Crippen LogP contribution in [0.25, 0.3) is 0 Å². The largest absolute Gasteiger partial charge is 0.478 e. The van der Waals surface area contributed by atoms with Crippen LogP contribution in [0.15, 0.2) is 27.6 Å². The van der Waals surface area contributed by atoms with E-state index in [1.54, 1.807) is 0 Å². The summed E-state index contributed by atoms with van der Waals surface area (Å²) in [6.07, 6.45) is 0. The maximum Gasteiger partial charge on any atom is 0.335 e. The van der Waals surface area contributed by atoms with Crippen molar-refractivity contribution in [3.05, 3.63) is 28.2 Å². The molecule has 2 N–H and O–H groups in total. The third kappa shape index (κ3) is 2.94. The summed E-state index contributed by atoms with van der Waals surface area (Å²) in [5.41, 5.74) is -0.0229. The number of hydrogen-bond acceptors (Lipinski definition) is 4. The fraction of sp³-hybridized carbons (Fsp3) is 0.333. The summed E-state index contributed by atoms with van der Waals surface area (Å²) < 4.78 is 26.5. The van der Waals surface area contributed by atoms with Crippen LogP contribution < -0.4 is 5.32 Å². The minimum atomic E-state index is -3.88. The smallest absolute Gasteiger partial charge is 0.335 e. The number of benzene rings is 1.